The van der Waals surface area contributed by atoms with Crippen LogP contribution in [0, 0.1) is 15.3 Å². The molecule has 0 aromatic heterocycles. The maximum atomic E-state index is 13.0. The second-order valence-corrected chi connectivity index (χ2v) is 10.3. The zero-order valence-electron chi connectivity index (χ0n) is 21.6. The van der Waals surface area contributed by atoms with Crippen molar-refractivity contribution in [3.63, 3.8) is 0 Å². The number of nitro benzene ring substituents is 1. The van der Waals surface area contributed by atoms with Crippen LogP contribution in [-0.4, -0.2) is 74.0 Å². The number of carbonyl (C=O) groups is 1. The molecule has 0 saturated carbocycles. The van der Waals surface area contributed by atoms with Crippen LogP contribution in [0.5, 0.6) is 11.5 Å². The second kappa shape index (κ2) is 9.55. The van der Waals surface area contributed by atoms with Gasteiger partial charge in [0.2, 0.25) is 0 Å². The quantitative estimate of drug-likeness (QED) is 0.256. The Morgan fingerprint density at radius 1 is 1.16 bits per heavy atom. The molecule has 1 N–H and O–H groups in total. The number of hydrogen-bond acceptors (Lipinski definition) is 8. The summed E-state index contributed by atoms with van der Waals surface area (Å²) < 4.78 is 12.4. The number of ether oxygens (including phenoxy) is 2. The van der Waals surface area contributed by atoms with Gasteiger partial charge in [0.1, 0.15) is 12.1 Å². The summed E-state index contributed by atoms with van der Waals surface area (Å²) in [4.78, 5) is 25.2. The number of amidine groups is 1. The molecule has 2 aromatic carbocycles. The molecule has 0 radical (unpaired) electrons. The van der Waals surface area contributed by atoms with E-state index < -0.39 is 16.0 Å². The first-order valence-electron chi connectivity index (χ1n) is 12.1. The molecule has 2 aromatic rings. The number of rotatable bonds is 7. The van der Waals surface area contributed by atoms with Crippen molar-refractivity contribution < 1.29 is 29.1 Å². The van der Waals surface area contributed by atoms with Gasteiger partial charge in [-0.05, 0) is 70.9 Å². The molecule has 37 heavy (non-hydrogen) atoms. The van der Waals surface area contributed by atoms with Crippen LogP contribution in [0.25, 0.3) is 0 Å². The Hall–Kier alpha value is -3.86. The predicted octanol–water partition coefficient (Wildman–Crippen LogP) is 3.81. The summed E-state index contributed by atoms with van der Waals surface area (Å²) in [6.45, 7) is 7.93. The van der Waals surface area contributed by atoms with Crippen LogP contribution in [-0.2, 0) is 0 Å². The van der Waals surface area contributed by atoms with Gasteiger partial charge in [-0.3, -0.25) is 19.6 Å². The molecule has 4 rings (SSSR count). The molecule has 2 heterocycles. The molecule has 2 aliphatic heterocycles. The number of amides is 1. The Morgan fingerprint density at radius 2 is 1.84 bits per heavy atom. The van der Waals surface area contributed by atoms with Crippen molar-refractivity contribution >= 4 is 17.4 Å². The fraction of sp³-hybridized carbons (Fsp3) is 0.462. The van der Waals surface area contributed by atoms with Crippen molar-refractivity contribution in [2.24, 2.45) is 0 Å². The standard InChI is InChI=1S/C26H32N4O7/c1-25(2)26(3,4)29(33)23(28(25)32)18-10-13-21(22(15-18)36-5)37-16-20-7-6-14-27(20)24(31)17-8-11-19(12-9-17)30(34)35/h8-13,15,20,32H,6-7,14,16H2,1-5H3. The molecule has 1 amide bonds. The monoisotopic (exact) mass is 512 g/mol. The fourth-order valence-corrected chi connectivity index (χ4v) is 4.64. The highest BCUT2D eigenvalue weighted by molar-refractivity contribution is 5.96. The number of nitrogens with zero attached hydrogens (tertiary/aromatic N) is 4. The molecule has 1 saturated heterocycles. The molecular formula is C26H32N4O7. The van der Waals surface area contributed by atoms with Gasteiger partial charge in [-0.1, -0.05) is 0 Å². The zero-order chi connectivity index (χ0) is 27.1. The van der Waals surface area contributed by atoms with E-state index in [4.69, 9.17) is 9.47 Å². The number of nitro groups is 1. The normalized spacial score (nSPS) is 20.3. The van der Waals surface area contributed by atoms with Gasteiger partial charge in [-0.15, -0.1) is 5.06 Å². The Labute approximate surface area is 215 Å². The van der Waals surface area contributed by atoms with E-state index in [1.165, 1.54) is 31.4 Å². The summed E-state index contributed by atoms with van der Waals surface area (Å²) in [7, 11) is 1.49. The lowest BCUT2D eigenvalue weighted by atomic mass is 9.84. The summed E-state index contributed by atoms with van der Waals surface area (Å²) >= 11 is 0. The van der Waals surface area contributed by atoms with E-state index in [0.717, 1.165) is 22.6 Å². The maximum absolute atomic E-state index is 13.0. The largest absolute Gasteiger partial charge is 0.714 e. The van der Waals surface area contributed by atoms with E-state index in [9.17, 15) is 25.3 Å². The van der Waals surface area contributed by atoms with E-state index in [0.29, 0.717) is 29.2 Å². The molecule has 0 bridgehead atoms. The highest BCUT2D eigenvalue weighted by Crippen LogP contribution is 2.38. The van der Waals surface area contributed by atoms with E-state index in [1.54, 1.807) is 50.8 Å². The minimum Gasteiger partial charge on any atom is -0.714 e. The van der Waals surface area contributed by atoms with Crippen molar-refractivity contribution in [1.29, 1.82) is 0 Å². The van der Waals surface area contributed by atoms with Crippen LogP contribution in [0.4, 0.5) is 5.69 Å². The lowest BCUT2D eigenvalue weighted by Crippen LogP contribution is -2.53. The molecule has 11 nitrogen and oxygen atoms in total. The van der Waals surface area contributed by atoms with Crippen molar-refractivity contribution in [3.05, 3.63) is 68.9 Å². The Kier molecular flexibility index (Phi) is 6.76. The van der Waals surface area contributed by atoms with Gasteiger partial charge in [-0.2, -0.15) is 0 Å². The third kappa shape index (κ3) is 4.43. The Balaban J connectivity index is 1.50. The molecule has 2 aliphatic rings. The molecule has 1 fully saturated rings. The van der Waals surface area contributed by atoms with E-state index >= 15 is 0 Å². The minimum absolute atomic E-state index is 0.0688. The van der Waals surface area contributed by atoms with Gasteiger partial charge < -0.3 is 19.6 Å². The van der Waals surface area contributed by atoms with Gasteiger partial charge in [0, 0.05) is 24.2 Å². The van der Waals surface area contributed by atoms with Crippen molar-refractivity contribution in [2.75, 3.05) is 20.3 Å². The van der Waals surface area contributed by atoms with Crippen molar-refractivity contribution in [2.45, 2.75) is 57.7 Å². The summed E-state index contributed by atoms with van der Waals surface area (Å²) in [6.07, 6.45) is 1.57. The lowest BCUT2D eigenvalue weighted by molar-refractivity contribution is -0.539. The fourth-order valence-electron chi connectivity index (χ4n) is 4.64. The van der Waals surface area contributed by atoms with E-state index in [1.807, 2.05) is 0 Å². The zero-order valence-corrected chi connectivity index (χ0v) is 21.6. The summed E-state index contributed by atoms with van der Waals surface area (Å²) in [5.41, 5.74) is -0.900. The first-order chi connectivity index (χ1) is 17.4. The van der Waals surface area contributed by atoms with E-state index in [2.05, 4.69) is 0 Å². The van der Waals surface area contributed by atoms with Crippen LogP contribution in [0.2, 0.25) is 0 Å². The van der Waals surface area contributed by atoms with Crippen molar-refractivity contribution in [1.82, 2.24) is 9.96 Å². The molecular weight excluding hydrogens is 480 g/mol. The van der Waals surface area contributed by atoms with Gasteiger partial charge in [-0.25, -0.2) is 5.21 Å². The average molecular weight is 513 g/mol. The number of likely N-dealkylation sites (tertiary alicyclic amines) is 1. The van der Waals surface area contributed by atoms with Crippen LogP contribution >= 0.6 is 0 Å². The Bertz CT molecular complexity index is 1240. The maximum Gasteiger partial charge on any atom is 0.313 e. The highest BCUT2D eigenvalue weighted by Gasteiger charge is 2.58. The summed E-state index contributed by atoms with van der Waals surface area (Å²) in [5, 5.41) is 35.7. The first kappa shape index (κ1) is 26.2. The summed E-state index contributed by atoms with van der Waals surface area (Å²) in [6, 6.07) is 10.4. The van der Waals surface area contributed by atoms with Gasteiger partial charge in [0.05, 0.1) is 23.6 Å². The van der Waals surface area contributed by atoms with Crippen LogP contribution in [0.3, 0.4) is 0 Å². The Morgan fingerprint density at radius 3 is 2.41 bits per heavy atom. The van der Waals surface area contributed by atoms with E-state index in [-0.39, 0.29) is 30.1 Å². The molecule has 1 unspecified atom stereocenters. The van der Waals surface area contributed by atoms with Crippen LogP contribution < -0.4 is 9.47 Å². The highest BCUT2D eigenvalue weighted by atomic mass is 16.6. The predicted molar refractivity (Wildman–Crippen MR) is 135 cm³/mol. The third-order valence-electron chi connectivity index (χ3n) is 7.74. The molecule has 1 atom stereocenters. The number of hydroxylamine groups is 3. The summed E-state index contributed by atoms with van der Waals surface area (Å²) in [5.74, 6) is 0.751. The van der Waals surface area contributed by atoms with Crippen LogP contribution in [0.1, 0.15) is 56.5 Å². The number of non-ortho nitro benzene ring substituents is 1. The number of carbonyl (C=O) groups excluding carboxylic acids is 1. The number of hydrogen-bond donors (Lipinski definition) is 1. The molecule has 11 heteroatoms. The number of benzene rings is 2. The van der Waals surface area contributed by atoms with Gasteiger partial charge >= 0.3 is 5.84 Å². The third-order valence-corrected chi connectivity index (χ3v) is 7.74. The molecule has 198 valence electrons. The van der Waals surface area contributed by atoms with Crippen molar-refractivity contribution in [3.8, 4) is 11.5 Å². The van der Waals surface area contributed by atoms with Gasteiger partial charge in [0.25, 0.3) is 11.6 Å². The first-order valence-corrected chi connectivity index (χ1v) is 12.1. The smallest absolute Gasteiger partial charge is 0.313 e. The second-order valence-electron chi connectivity index (χ2n) is 10.3. The SMILES string of the molecule is COc1cc(C2=[N+]([O-])C(C)(C)C(C)(C)N2O)ccc1OCC1CCCN1C(=O)c1ccc([N+](=O)[O-])cc1. The minimum atomic E-state index is -0.873. The molecule has 0 spiro atoms. The van der Waals surface area contributed by atoms with Gasteiger partial charge in [0.15, 0.2) is 17.0 Å². The average Bonchev–Trinajstić information content (AvgIpc) is 3.39. The topological polar surface area (TPSA) is 131 Å². The van der Waals surface area contributed by atoms with Crippen LogP contribution in [0.15, 0.2) is 42.5 Å². The molecule has 0 aliphatic carbocycles. The lowest BCUT2D eigenvalue weighted by Gasteiger charge is -2.33. The number of methoxy groups -OCH3 is 1.